The summed E-state index contributed by atoms with van der Waals surface area (Å²) in [6.45, 7) is 2.55. The molecule has 0 saturated heterocycles. The van der Waals surface area contributed by atoms with E-state index < -0.39 is 6.04 Å². The molecule has 0 aliphatic rings. The molecule has 3 aromatic carbocycles. The summed E-state index contributed by atoms with van der Waals surface area (Å²) in [4.78, 5) is 24.6. The number of aromatic nitrogens is 2. The van der Waals surface area contributed by atoms with Crippen LogP contribution in [0, 0.1) is 0 Å². The molecule has 1 atom stereocenters. The topological polar surface area (TPSA) is 85.2 Å². The van der Waals surface area contributed by atoms with Crippen LogP contribution in [0.3, 0.4) is 0 Å². The number of nitrogens with zero attached hydrogens (tertiary/aromatic N) is 2. The first-order valence-corrected chi connectivity index (χ1v) is 11.8. The van der Waals surface area contributed by atoms with Crippen LogP contribution in [-0.2, 0) is 22.7 Å². The average Bonchev–Trinajstić information content (AvgIpc) is 3.41. The van der Waals surface area contributed by atoms with Gasteiger partial charge in [-0.3, -0.25) is 14.3 Å². The second-order valence-corrected chi connectivity index (χ2v) is 8.56. The molecule has 1 unspecified atom stereocenters. The van der Waals surface area contributed by atoms with Gasteiger partial charge in [-0.15, -0.1) is 0 Å². The third-order valence-corrected chi connectivity index (χ3v) is 5.95. The fraction of sp³-hybridized carbons (Fsp3) is 0.207. The van der Waals surface area contributed by atoms with Crippen molar-refractivity contribution >= 4 is 11.8 Å². The Balaban J connectivity index is 1.41. The van der Waals surface area contributed by atoms with E-state index in [1.807, 2.05) is 59.4 Å². The first-order chi connectivity index (χ1) is 17.5. The van der Waals surface area contributed by atoms with Gasteiger partial charge in [-0.1, -0.05) is 60.7 Å². The Morgan fingerprint density at radius 1 is 0.972 bits per heavy atom. The Hall–Kier alpha value is -4.39. The second-order valence-electron chi connectivity index (χ2n) is 8.56. The van der Waals surface area contributed by atoms with Crippen LogP contribution in [0.4, 0.5) is 0 Å². The number of rotatable bonds is 10. The number of carbonyl (C=O) groups is 2. The van der Waals surface area contributed by atoms with E-state index in [4.69, 9.17) is 4.74 Å². The van der Waals surface area contributed by atoms with Crippen molar-refractivity contribution < 1.29 is 14.3 Å². The highest BCUT2D eigenvalue weighted by atomic mass is 16.5. The summed E-state index contributed by atoms with van der Waals surface area (Å²) in [5, 5.41) is 10.2. The molecule has 0 bridgehead atoms. The van der Waals surface area contributed by atoms with E-state index in [9.17, 15) is 9.59 Å². The van der Waals surface area contributed by atoms with E-state index in [-0.39, 0.29) is 18.2 Å². The highest BCUT2D eigenvalue weighted by Crippen LogP contribution is 2.25. The van der Waals surface area contributed by atoms with E-state index >= 15 is 0 Å². The molecule has 1 heterocycles. The van der Waals surface area contributed by atoms with Crippen molar-refractivity contribution in [2.45, 2.75) is 32.5 Å². The number of nitrogens with one attached hydrogen (secondary N) is 2. The smallest absolute Gasteiger partial charge is 0.222 e. The minimum absolute atomic E-state index is 0.135. The molecule has 4 aromatic rings. The van der Waals surface area contributed by atoms with Crippen molar-refractivity contribution in [3.63, 3.8) is 0 Å². The molecule has 4 rings (SSSR count). The third kappa shape index (κ3) is 6.60. The zero-order chi connectivity index (χ0) is 25.3. The molecule has 0 fully saturated rings. The number of hydrogen-bond acceptors (Lipinski definition) is 4. The molecule has 184 valence electrons. The van der Waals surface area contributed by atoms with Crippen LogP contribution in [0.1, 0.15) is 36.1 Å². The zero-order valence-electron chi connectivity index (χ0n) is 20.5. The molecular weight excluding hydrogens is 452 g/mol. The van der Waals surface area contributed by atoms with Gasteiger partial charge in [0.2, 0.25) is 11.8 Å². The largest absolute Gasteiger partial charge is 0.497 e. The van der Waals surface area contributed by atoms with Crippen LogP contribution in [0.2, 0.25) is 0 Å². The number of amides is 2. The van der Waals surface area contributed by atoms with Crippen LogP contribution in [0.5, 0.6) is 5.75 Å². The minimum Gasteiger partial charge on any atom is -0.497 e. The lowest BCUT2D eigenvalue weighted by Gasteiger charge is -2.19. The molecule has 0 aliphatic carbocycles. The van der Waals surface area contributed by atoms with Crippen LogP contribution < -0.4 is 15.4 Å². The standard InChI is InChI=1S/C29H30N4O3/c1-21(34)32-28(24-12-14-26(36-2)15-13-24)18-29(35)30-19-25-6-3-4-7-27(25)23-10-8-22(9-11-23)20-33-17-5-16-31-33/h3-17,28H,18-20H2,1-2H3,(H,30,35)(H,32,34). The van der Waals surface area contributed by atoms with Crippen molar-refractivity contribution in [1.82, 2.24) is 20.4 Å². The van der Waals surface area contributed by atoms with Gasteiger partial charge in [-0.05, 0) is 46.0 Å². The first-order valence-electron chi connectivity index (χ1n) is 11.8. The molecule has 2 amide bonds. The Morgan fingerprint density at radius 3 is 2.39 bits per heavy atom. The van der Waals surface area contributed by atoms with Crippen molar-refractivity contribution in [2.24, 2.45) is 0 Å². The molecule has 7 heteroatoms. The number of ether oxygens (including phenoxy) is 1. The molecule has 7 nitrogen and oxygen atoms in total. The van der Waals surface area contributed by atoms with Gasteiger partial charge < -0.3 is 15.4 Å². The molecule has 1 aromatic heterocycles. The SMILES string of the molecule is COc1ccc(C(CC(=O)NCc2ccccc2-c2ccc(Cn3cccn3)cc2)NC(C)=O)cc1. The monoisotopic (exact) mass is 482 g/mol. The number of carbonyl (C=O) groups excluding carboxylic acids is 2. The summed E-state index contributed by atoms with van der Waals surface area (Å²) in [6, 6.07) is 25.3. The summed E-state index contributed by atoms with van der Waals surface area (Å²) in [5.74, 6) is 0.384. The summed E-state index contributed by atoms with van der Waals surface area (Å²) < 4.78 is 7.09. The van der Waals surface area contributed by atoms with E-state index in [1.165, 1.54) is 6.92 Å². The maximum absolute atomic E-state index is 12.9. The highest BCUT2D eigenvalue weighted by Gasteiger charge is 2.17. The molecular formula is C29H30N4O3. The van der Waals surface area contributed by atoms with Gasteiger partial charge in [0, 0.05) is 25.9 Å². The summed E-state index contributed by atoms with van der Waals surface area (Å²) in [5.41, 5.74) is 5.18. The Bertz CT molecular complexity index is 1280. The van der Waals surface area contributed by atoms with E-state index in [1.54, 1.807) is 13.3 Å². The fourth-order valence-corrected chi connectivity index (χ4v) is 4.11. The molecule has 0 radical (unpaired) electrons. The van der Waals surface area contributed by atoms with Crippen molar-refractivity contribution in [3.8, 4) is 16.9 Å². The number of benzene rings is 3. The summed E-state index contributed by atoms with van der Waals surface area (Å²) in [6.07, 6.45) is 3.85. The fourth-order valence-electron chi connectivity index (χ4n) is 4.11. The van der Waals surface area contributed by atoms with Gasteiger partial charge in [0.25, 0.3) is 0 Å². The lowest BCUT2D eigenvalue weighted by Crippen LogP contribution is -2.32. The lowest BCUT2D eigenvalue weighted by molar-refractivity contribution is -0.122. The summed E-state index contributed by atoms with van der Waals surface area (Å²) >= 11 is 0. The van der Waals surface area contributed by atoms with Gasteiger partial charge in [0.1, 0.15) is 5.75 Å². The average molecular weight is 483 g/mol. The van der Waals surface area contributed by atoms with Gasteiger partial charge >= 0.3 is 0 Å². The Morgan fingerprint density at radius 2 is 1.72 bits per heavy atom. The Kier molecular flexibility index (Phi) is 8.13. The van der Waals surface area contributed by atoms with E-state index in [0.717, 1.165) is 33.6 Å². The second kappa shape index (κ2) is 11.8. The van der Waals surface area contributed by atoms with Crippen LogP contribution in [0.15, 0.2) is 91.3 Å². The molecule has 2 N–H and O–H groups in total. The van der Waals surface area contributed by atoms with E-state index in [0.29, 0.717) is 13.1 Å². The maximum atomic E-state index is 12.9. The van der Waals surface area contributed by atoms with Gasteiger partial charge in [-0.2, -0.15) is 5.10 Å². The van der Waals surface area contributed by atoms with E-state index in [2.05, 4.69) is 46.1 Å². The van der Waals surface area contributed by atoms with Crippen molar-refractivity contribution in [3.05, 3.63) is 108 Å². The van der Waals surface area contributed by atoms with Crippen molar-refractivity contribution in [1.29, 1.82) is 0 Å². The predicted molar refractivity (Wildman–Crippen MR) is 139 cm³/mol. The molecule has 36 heavy (non-hydrogen) atoms. The lowest BCUT2D eigenvalue weighted by atomic mass is 9.98. The minimum atomic E-state index is -0.425. The molecule has 0 saturated carbocycles. The third-order valence-electron chi connectivity index (χ3n) is 5.95. The number of hydrogen-bond donors (Lipinski definition) is 2. The van der Waals surface area contributed by atoms with Crippen LogP contribution in [-0.4, -0.2) is 28.7 Å². The molecule has 0 aliphatic heterocycles. The molecule has 0 spiro atoms. The number of methoxy groups -OCH3 is 1. The summed E-state index contributed by atoms with van der Waals surface area (Å²) in [7, 11) is 1.60. The van der Waals surface area contributed by atoms with Crippen LogP contribution >= 0.6 is 0 Å². The van der Waals surface area contributed by atoms with Gasteiger partial charge in [0.05, 0.1) is 26.1 Å². The normalized spacial score (nSPS) is 11.5. The van der Waals surface area contributed by atoms with Crippen LogP contribution in [0.25, 0.3) is 11.1 Å². The van der Waals surface area contributed by atoms with Crippen molar-refractivity contribution in [2.75, 3.05) is 7.11 Å². The predicted octanol–water partition coefficient (Wildman–Crippen LogP) is 4.49. The maximum Gasteiger partial charge on any atom is 0.222 e. The first kappa shape index (κ1) is 24.7. The highest BCUT2D eigenvalue weighted by molar-refractivity contribution is 5.79. The van der Waals surface area contributed by atoms with Gasteiger partial charge in [-0.25, -0.2) is 0 Å². The zero-order valence-corrected chi connectivity index (χ0v) is 20.5. The van der Waals surface area contributed by atoms with Gasteiger partial charge in [0.15, 0.2) is 0 Å². The Labute approximate surface area is 211 Å². The quantitative estimate of drug-likeness (QED) is 0.349.